The average Bonchev–Trinajstić information content (AvgIpc) is 3.39. The Bertz CT molecular complexity index is 1840. The quantitative estimate of drug-likeness (QED) is 0.144. The van der Waals surface area contributed by atoms with Gasteiger partial charge in [-0.3, -0.25) is 4.79 Å². The van der Waals surface area contributed by atoms with E-state index in [1.165, 1.54) is 12.1 Å². The number of ether oxygens (including phenoxy) is 2. The maximum atomic E-state index is 13.7. The highest BCUT2D eigenvalue weighted by Gasteiger charge is 2.41. The molecule has 1 atom stereocenters. The normalized spacial score (nSPS) is 16.4. The zero-order valence-electron chi connectivity index (χ0n) is 22.6. The van der Waals surface area contributed by atoms with E-state index in [9.17, 15) is 39.6 Å². The summed E-state index contributed by atoms with van der Waals surface area (Å²) in [6.07, 6.45) is -9.88. The molecule has 0 spiro atoms. The van der Waals surface area contributed by atoms with Gasteiger partial charge in [-0.05, 0) is 53.6 Å². The number of carbonyl (C=O) groups is 1. The van der Waals surface area contributed by atoms with Crippen molar-refractivity contribution in [2.45, 2.75) is 30.2 Å². The molecule has 5 rings (SSSR count). The molecule has 246 valence electrons. The first-order chi connectivity index (χ1) is 21.5. The van der Waals surface area contributed by atoms with E-state index in [2.05, 4.69) is 29.7 Å². The van der Waals surface area contributed by atoms with Gasteiger partial charge in [0.05, 0.1) is 4.90 Å². The lowest BCUT2D eigenvalue weighted by molar-refractivity contribution is -0.275. The Balaban J connectivity index is 1.40. The van der Waals surface area contributed by atoms with Crippen LogP contribution in [0.5, 0.6) is 11.5 Å². The highest BCUT2D eigenvalue weighted by atomic mass is 35.5. The summed E-state index contributed by atoms with van der Waals surface area (Å²) >= 11 is 13.1. The number of thiazole rings is 1. The first-order valence-electron chi connectivity index (χ1n) is 12.7. The van der Waals surface area contributed by atoms with Crippen molar-refractivity contribution in [1.82, 2.24) is 24.6 Å². The number of nitrogens with one attached hydrogen (secondary N) is 1. The molecule has 21 heteroatoms. The fraction of sp³-hybridized carbons (Fsp3) is 0.280. The minimum absolute atomic E-state index is 0.0392. The number of alkyl halides is 6. The fourth-order valence-corrected chi connectivity index (χ4v) is 7.38. The second kappa shape index (κ2) is 12.9. The van der Waals surface area contributed by atoms with Gasteiger partial charge < -0.3 is 19.7 Å². The molecule has 2 aromatic heterocycles. The van der Waals surface area contributed by atoms with Crippen LogP contribution in [0.25, 0.3) is 10.3 Å². The van der Waals surface area contributed by atoms with E-state index < -0.39 is 51.1 Å². The van der Waals surface area contributed by atoms with Crippen LogP contribution in [0.3, 0.4) is 0 Å². The first-order valence-corrected chi connectivity index (χ1v) is 15.7. The van der Waals surface area contributed by atoms with Crippen LogP contribution in [-0.2, 0) is 21.4 Å². The number of hydrogen-bond acceptors (Lipinski definition) is 10. The summed E-state index contributed by atoms with van der Waals surface area (Å²) in [6.45, 7) is -0.626. The minimum atomic E-state index is -4.99. The molecule has 46 heavy (non-hydrogen) atoms. The lowest BCUT2D eigenvalue weighted by Crippen LogP contribution is -2.60. The van der Waals surface area contributed by atoms with Gasteiger partial charge in [0.15, 0.2) is 15.9 Å². The molecule has 11 nitrogen and oxygen atoms in total. The molecule has 1 amide bonds. The van der Waals surface area contributed by atoms with E-state index in [0.717, 1.165) is 52.0 Å². The summed E-state index contributed by atoms with van der Waals surface area (Å²) in [4.78, 5) is 27.0. The Morgan fingerprint density at radius 1 is 0.913 bits per heavy atom. The lowest BCUT2D eigenvalue weighted by Gasteiger charge is -2.39. The number of sulfonamides is 1. The molecule has 1 saturated heterocycles. The van der Waals surface area contributed by atoms with Crippen LogP contribution in [-0.4, -0.2) is 72.0 Å². The van der Waals surface area contributed by atoms with Gasteiger partial charge in [0.25, 0.3) is 0 Å². The van der Waals surface area contributed by atoms with E-state index in [1.807, 2.05) is 0 Å². The van der Waals surface area contributed by atoms with E-state index in [1.54, 1.807) is 4.90 Å². The van der Waals surface area contributed by atoms with Crippen molar-refractivity contribution in [3.63, 3.8) is 0 Å². The van der Waals surface area contributed by atoms with Gasteiger partial charge in [-0.2, -0.15) is 14.3 Å². The molecule has 2 aromatic carbocycles. The second-order valence-corrected chi connectivity index (χ2v) is 13.0. The summed E-state index contributed by atoms with van der Waals surface area (Å²) in [6, 6.07) is 6.76. The second-order valence-electron chi connectivity index (χ2n) is 9.44. The van der Waals surface area contributed by atoms with Gasteiger partial charge in [-0.1, -0.05) is 35.1 Å². The molecular formula is C25H18Cl2F6N6O5S2. The third kappa shape index (κ3) is 8.00. The van der Waals surface area contributed by atoms with E-state index in [0.29, 0.717) is 15.4 Å². The summed E-state index contributed by atoms with van der Waals surface area (Å²) in [5, 5.41) is 2.81. The Hall–Kier alpha value is -3.65. The Morgan fingerprint density at radius 2 is 1.50 bits per heavy atom. The van der Waals surface area contributed by atoms with E-state index in [4.69, 9.17) is 23.2 Å². The van der Waals surface area contributed by atoms with Crippen molar-refractivity contribution in [1.29, 1.82) is 0 Å². The van der Waals surface area contributed by atoms with Crippen molar-refractivity contribution in [2.75, 3.05) is 24.5 Å². The average molecular weight is 731 g/mol. The van der Waals surface area contributed by atoms with E-state index in [-0.39, 0.29) is 42.3 Å². The number of amides is 1. The molecule has 1 fully saturated rings. The van der Waals surface area contributed by atoms with Gasteiger partial charge in [-0.15, -0.1) is 26.3 Å². The SMILES string of the molecule is O=C(NCc1ccc(OC(F)(F)F)cc1)[C@H]1CN(c2nc3nc(Cl)nc(Cl)c3s2)CCN1S(=O)(=O)c1ccc(OC(F)(F)F)cc1. The number of benzene rings is 2. The monoisotopic (exact) mass is 730 g/mol. The van der Waals surface area contributed by atoms with E-state index >= 15 is 0 Å². The molecule has 0 bridgehead atoms. The molecule has 1 N–H and O–H groups in total. The molecule has 1 aliphatic heterocycles. The van der Waals surface area contributed by atoms with Crippen LogP contribution in [0.4, 0.5) is 31.5 Å². The van der Waals surface area contributed by atoms with Gasteiger partial charge in [0.2, 0.25) is 21.2 Å². The molecule has 3 heterocycles. The number of hydrogen-bond donors (Lipinski definition) is 1. The maximum Gasteiger partial charge on any atom is 0.573 e. The van der Waals surface area contributed by atoms with Gasteiger partial charge in [0.1, 0.15) is 22.2 Å². The fourth-order valence-electron chi connectivity index (χ4n) is 4.40. The predicted octanol–water partition coefficient (Wildman–Crippen LogP) is 5.39. The van der Waals surface area contributed by atoms with Crippen LogP contribution >= 0.6 is 34.5 Å². The van der Waals surface area contributed by atoms with Crippen molar-refractivity contribution >= 4 is 65.9 Å². The zero-order valence-corrected chi connectivity index (χ0v) is 25.8. The highest BCUT2D eigenvalue weighted by Crippen LogP contribution is 2.35. The molecule has 0 saturated carbocycles. The molecule has 1 aliphatic rings. The van der Waals surface area contributed by atoms with Crippen molar-refractivity contribution in [2.24, 2.45) is 0 Å². The Kier molecular flexibility index (Phi) is 9.42. The van der Waals surface area contributed by atoms with Crippen LogP contribution < -0.4 is 19.7 Å². The Labute approximate surface area is 269 Å². The van der Waals surface area contributed by atoms with Gasteiger partial charge in [0, 0.05) is 26.2 Å². The van der Waals surface area contributed by atoms with Crippen molar-refractivity contribution in [3.05, 3.63) is 64.5 Å². The van der Waals surface area contributed by atoms with Crippen LogP contribution in [0.15, 0.2) is 53.4 Å². The zero-order chi connectivity index (χ0) is 33.4. The number of nitrogens with zero attached hydrogens (tertiary/aromatic N) is 5. The topological polar surface area (TPSA) is 127 Å². The maximum absolute atomic E-state index is 13.7. The summed E-state index contributed by atoms with van der Waals surface area (Å²) in [5.74, 6) is -1.89. The number of anilines is 1. The number of rotatable bonds is 8. The van der Waals surface area contributed by atoms with Gasteiger partial charge in [-0.25, -0.2) is 13.4 Å². The summed E-state index contributed by atoms with van der Waals surface area (Å²) < 4.78 is 112. The molecule has 0 unspecified atom stereocenters. The number of fused-ring (bicyclic) bond motifs is 1. The highest BCUT2D eigenvalue weighted by molar-refractivity contribution is 7.89. The number of aromatic nitrogens is 3. The molecule has 4 aromatic rings. The lowest BCUT2D eigenvalue weighted by atomic mass is 10.1. The van der Waals surface area contributed by atoms with Gasteiger partial charge >= 0.3 is 12.7 Å². The van der Waals surface area contributed by atoms with Crippen molar-refractivity contribution < 1.29 is 49.0 Å². The third-order valence-electron chi connectivity index (χ3n) is 6.37. The molecular weight excluding hydrogens is 713 g/mol. The largest absolute Gasteiger partial charge is 0.573 e. The number of halogens is 8. The molecule has 0 aliphatic carbocycles. The minimum Gasteiger partial charge on any atom is -0.406 e. The van der Waals surface area contributed by atoms with Crippen LogP contribution in [0.1, 0.15) is 5.56 Å². The first kappa shape index (κ1) is 33.7. The predicted molar refractivity (Wildman–Crippen MR) is 153 cm³/mol. The standard InChI is InChI=1S/C25H18Cl2F6N6O5S2/c26-19-18-20(36-22(27)35-19)37-23(45-18)38-9-10-39(46(41,42)16-7-5-15(6-8-16)44-25(31,32)33)17(12-38)21(40)34-11-13-1-3-14(4-2-13)43-24(28,29)30/h1-8,17H,9-12H2,(H,34,40)/t17-/m1/s1. The summed E-state index contributed by atoms with van der Waals surface area (Å²) in [5.41, 5.74) is 0.557. The Morgan fingerprint density at radius 3 is 2.09 bits per heavy atom. The number of carbonyl (C=O) groups excluding carboxylic acids is 1. The molecule has 0 radical (unpaired) electrons. The van der Waals surface area contributed by atoms with Crippen LogP contribution in [0.2, 0.25) is 10.4 Å². The van der Waals surface area contributed by atoms with Crippen LogP contribution in [0, 0.1) is 0 Å². The third-order valence-corrected chi connectivity index (χ3v) is 9.96. The smallest absolute Gasteiger partial charge is 0.406 e. The van der Waals surface area contributed by atoms with Crippen molar-refractivity contribution in [3.8, 4) is 11.5 Å². The number of piperazine rings is 1. The summed E-state index contributed by atoms with van der Waals surface area (Å²) in [7, 11) is -4.46.